The number of carbonyl (C=O) groups excluding carboxylic acids is 1. The molecule has 0 heterocycles. The molecule has 1 rings (SSSR count). The van der Waals surface area contributed by atoms with Crippen LogP contribution in [0.15, 0.2) is 24.3 Å². The van der Waals surface area contributed by atoms with Crippen molar-refractivity contribution in [2.45, 2.75) is 52.9 Å². The number of benzene rings is 1. The molecular formula is C15H24N2O3. The Balaban J connectivity index is 2.40. The summed E-state index contributed by atoms with van der Waals surface area (Å²) in [7, 11) is 0. The van der Waals surface area contributed by atoms with Crippen LogP contribution in [0.5, 0.6) is 5.75 Å². The van der Waals surface area contributed by atoms with E-state index in [-0.39, 0.29) is 6.10 Å². The van der Waals surface area contributed by atoms with Crippen LogP contribution in [0.2, 0.25) is 0 Å². The van der Waals surface area contributed by atoms with Crippen molar-refractivity contribution in [3.63, 3.8) is 0 Å². The van der Waals surface area contributed by atoms with Gasteiger partial charge >= 0.3 is 6.09 Å². The summed E-state index contributed by atoms with van der Waals surface area (Å²) in [6, 6.07) is 7.72. The molecule has 0 aliphatic carbocycles. The molecule has 2 N–H and O–H groups in total. The summed E-state index contributed by atoms with van der Waals surface area (Å²) in [4.78, 5) is 11.4. The molecule has 5 heteroatoms. The highest BCUT2D eigenvalue weighted by atomic mass is 16.6. The summed E-state index contributed by atoms with van der Waals surface area (Å²) in [6.45, 7) is 9.91. The first-order valence-corrected chi connectivity index (χ1v) is 6.74. The van der Waals surface area contributed by atoms with Crippen LogP contribution in [0, 0.1) is 0 Å². The lowest BCUT2D eigenvalue weighted by molar-refractivity contribution is 0.0497. The maximum atomic E-state index is 11.4. The van der Waals surface area contributed by atoms with Crippen LogP contribution < -0.4 is 15.6 Å². The fourth-order valence-electron chi connectivity index (χ4n) is 1.52. The second-order valence-electron chi connectivity index (χ2n) is 5.79. The van der Waals surface area contributed by atoms with Gasteiger partial charge in [0.1, 0.15) is 11.4 Å². The van der Waals surface area contributed by atoms with Gasteiger partial charge in [-0.15, -0.1) is 0 Å². The summed E-state index contributed by atoms with van der Waals surface area (Å²) in [6.07, 6.45) is -0.356. The SMILES string of the molecule is CC(C)Oc1cccc(CNNC(=O)OC(C)(C)C)c1. The Hall–Kier alpha value is -1.75. The second-order valence-corrected chi connectivity index (χ2v) is 5.79. The summed E-state index contributed by atoms with van der Waals surface area (Å²) in [5.74, 6) is 0.816. The van der Waals surface area contributed by atoms with E-state index in [1.165, 1.54) is 0 Å². The molecule has 0 fully saturated rings. The third-order valence-electron chi connectivity index (χ3n) is 2.15. The van der Waals surface area contributed by atoms with Crippen molar-refractivity contribution in [3.05, 3.63) is 29.8 Å². The van der Waals surface area contributed by atoms with Crippen LogP contribution in [0.3, 0.4) is 0 Å². The number of carbonyl (C=O) groups is 1. The fourth-order valence-corrected chi connectivity index (χ4v) is 1.52. The second kappa shape index (κ2) is 7.14. The summed E-state index contributed by atoms with van der Waals surface area (Å²) >= 11 is 0. The molecule has 0 aliphatic rings. The van der Waals surface area contributed by atoms with E-state index in [0.29, 0.717) is 6.54 Å². The molecule has 112 valence electrons. The van der Waals surface area contributed by atoms with Crippen LogP contribution >= 0.6 is 0 Å². The molecule has 1 aromatic carbocycles. The number of nitrogens with one attached hydrogen (secondary N) is 2. The Morgan fingerprint density at radius 1 is 1.30 bits per heavy atom. The van der Waals surface area contributed by atoms with E-state index in [2.05, 4.69) is 10.9 Å². The molecular weight excluding hydrogens is 256 g/mol. The average molecular weight is 280 g/mol. The van der Waals surface area contributed by atoms with Crippen LogP contribution in [0.4, 0.5) is 4.79 Å². The van der Waals surface area contributed by atoms with Gasteiger partial charge in [0.05, 0.1) is 6.10 Å². The Labute approximate surface area is 120 Å². The highest BCUT2D eigenvalue weighted by molar-refractivity contribution is 5.66. The van der Waals surface area contributed by atoms with E-state index >= 15 is 0 Å². The van der Waals surface area contributed by atoms with Gasteiger partial charge in [-0.1, -0.05) is 12.1 Å². The van der Waals surface area contributed by atoms with Gasteiger partial charge in [0.25, 0.3) is 0 Å². The zero-order valence-corrected chi connectivity index (χ0v) is 12.8. The van der Waals surface area contributed by atoms with Gasteiger partial charge in [0.2, 0.25) is 0 Å². The standard InChI is InChI=1S/C15H24N2O3/c1-11(2)19-13-8-6-7-12(9-13)10-16-17-14(18)20-15(3,4)5/h6-9,11,16H,10H2,1-5H3,(H,17,18). The van der Waals surface area contributed by atoms with E-state index in [1.807, 2.05) is 58.9 Å². The molecule has 0 saturated heterocycles. The maximum absolute atomic E-state index is 11.4. The van der Waals surface area contributed by atoms with Crippen molar-refractivity contribution < 1.29 is 14.3 Å². The Bertz CT molecular complexity index is 439. The van der Waals surface area contributed by atoms with E-state index < -0.39 is 11.7 Å². The highest BCUT2D eigenvalue weighted by Gasteiger charge is 2.15. The van der Waals surface area contributed by atoms with Gasteiger partial charge in [-0.2, -0.15) is 0 Å². The van der Waals surface area contributed by atoms with Gasteiger partial charge in [-0.05, 0) is 52.3 Å². The van der Waals surface area contributed by atoms with Crippen molar-refractivity contribution >= 4 is 6.09 Å². The Kier molecular flexibility index (Phi) is 5.82. The zero-order valence-electron chi connectivity index (χ0n) is 12.8. The van der Waals surface area contributed by atoms with Crippen LogP contribution in [0.25, 0.3) is 0 Å². The predicted octanol–water partition coefficient (Wildman–Crippen LogP) is 3.00. The minimum absolute atomic E-state index is 0.137. The monoisotopic (exact) mass is 280 g/mol. The van der Waals surface area contributed by atoms with Crippen LogP contribution in [0.1, 0.15) is 40.2 Å². The number of amides is 1. The Morgan fingerprint density at radius 3 is 2.60 bits per heavy atom. The normalized spacial score (nSPS) is 11.3. The van der Waals surface area contributed by atoms with E-state index in [4.69, 9.17) is 9.47 Å². The summed E-state index contributed by atoms with van der Waals surface area (Å²) in [5.41, 5.74) is 5.83. The smallest absolute Gasteiger partial charge is 0.422 e. The molecule has 0 spiro atoms. The molecule has 5 nitrogen and oxygen atoms in total. The lowest BCUT2D eigenvalue weighted by atomic mass is 10.2. The largest absolute Gasteiger partial charge is 0.491 e. The van der Waals surface area contributed by atoms with Gasteiger partial charge < -0.3 is 9.47 Å². The lowest BCUT2D eigenvalue weighted by Crippen LogP contribution is -2.40. The number of hydrogen-bond acceptors (Lipinski definition) is 4. The van der Waals surface area contributed by atoms with Gasteiger partial charge in [0, 0.05) is 6.54 Å². The molecule has 1 aromatic rings. The number of hydrazine groups is 1. The lowest BCUT2D eigenvalue weighted by Gasteiger charge is -2.19. The van der Waals surface area contributed by atoms with Crippen molar-refractivity contribution in [2.75, 3.05) is 0 Å². The van der Waals surface area contributed by atoms with Crippen molar-refractivity contribution in [1.29, 1.82) is 0 Å². The quantitative estimate of drug-likeness (QED) is 0.814. The first kappa shape index (κ1) is 16.3. The molecule has 20 heavy (non-hydrogen) atoms. The van der Waals surface area contributed by atoms with Crippen LogP contribution in [-0.2, 0) is 11.3 Å². The first-order chi connectivity index (χ1) is 9.26. The molecule has 0 aliphatic heterocycles. The van der Waals surface area contributed by atoms with Crippen molar-refractivity contribution in [3.8, 4) is 5.75 Å². The number of hydrogen-bond donors (Lipinski definition) is 2. The third kappa shape index (κ3) is 6.99. The highest BCUT2D eigenvalue weighted by Crippen LogP contribution is 2.14. The third-order valence-corrected chi connectivity index (χ3v) is 2.15. The molecule has 0 bridgehead atoms. The number of ether oxygens (including phenoxy) is 2. The predicted molar refractivity (Wildman–Crippen MR) is 78.4 cm³/mol. The summed E-state index contributed by atoms with van der Waals surface area (Å²) < 4.78 is 10.7. The van der Waals surface area contributed by atoms with Gasteiger partial charge in [-0.3, -0.25) is 5.43 Å². The minimum atomic E-state index is -0.503. The zero-order chi connectivity index (χ0) is 15.2. The van der Waals surface area contributed by atoms with Crippen molar-refractivity contribution in [2.24, 2.45) is 0 Å². The van der Waals surface area contributed by atoms with Gasteiger partial charge in [-0.25, -0.2) is 10.2 Å². The fraction of sp³-hybridized carbons (Fsp3) is 0.533. The van der Waals surface area contributed by atoms with Crippen molar-refractivity contribution in [1.82, 2.24) is 10.9 Å². The maximum Gasteiger partial charge on any atom is 0.422 e. The topological polar surface area (TPSA) is 59.6 Å². The average Bonchev–Trinajstić information content (AvgIpc) is 2.25. The van der Waals surface area contributed by atoms with Crippen LogP contribution in [-0.4, -0.2) is 17.8 Å². The van der Waals surface area contributed by atoms with E-state index in [0.717, 1.165) is 11.3 Å². The molecule has 0 saturated carbocycles. The molecule has 0 unspecified atom stereocenters. The summed E-state index contributed by atoms with van der Waals surface area (Å²) in [5, 5.41) is 0. The molecule has 0 atom stereocenters. The first-order valence-electron chi connectivity index (χ1n) is 6.74. The van der Waals surface area contributed by atoms with E-state index in [9.17, 15) is 4.79 Å². The molecule has 0 aromatic heterocycles. The van der Waals surface area contributed by atoms with E-state index in [1.54, 1.807) is 0 Å². The molecule has 1 amide bonds. The Morgan fingerprint density at radius 2 is 2.00 bits per heavy atom. The molecule has 0 radical (unpaired) electrons. The number of rotatable bonds is 5. The minimum Gasteiger partial charge on any atom is -0.491 e. The van der Waals surface area contributed by atoms with Gasteiger partial charge in [0.15, 0.2) is 0 Å².